The molecule has 0 bridgehead atoms. The summed E-state index contributed by atoms with van der Waals surface area (Å²) in [5.41, 5.74) is 1.99. The number of rotatable bonds is 5. The molecule has 4 nitrogen and oxygen atoms in total. The van der Waals surface area contributed by atoms with Gasteiger partial charge < -0.3 is 15.4 Å². The molecule has 0 radical (unpaired) electrons. The topological polar surface area (TPSA) is 65.1 Å². The molecule has 0 aliphatic heterocycles. The third-order valence-corrected chi connectivity index (χ3v) is 3.65. The fraction of sp³-hybridized carbons (Fsp3) is 0.312. The molecule has 0 aliphatic rings. The van der Waals surface area contributed by atoms with E-state index in [9.17, 15) is 9.18 Å². The van der Waals surface area contributed by atoms with E-state index in [0.717, 1.165) is 11.1 Å². The molecule has 1 aromatic carbocycles. The highest BCUT2D eigenvalue weighted by Gasteiger charge is 2.18. The Morgan fingerprint density at radius 1 is 1.29 bits per heavy atom. The van der Waals surface area contributed by atoms with Gasteiger partial charge in [0.15, 0.2) is 0 Å². The van der Waals surface area contributed by atoms with Gasteiger partial charge in [0.05, 0.1) is 5.56 Å². The number of hydrogen-bond donors (Lipinski definition) is 3. The molecular weight excluding hydrogens is 271 g/mol. The van der Waals surface area contributed by atoms with Gasteiger partial charge in [-0.2, -0.15) is 0 Å². The van der Waals surface area contributed by atoms with Crippen molar-refractivity contribution in [3.05, 3.63) is 48.0 Å². The predicted molar refractivity (Wildman–Crippen MR) is 79.4 cm³/mol. The third kappa shape index (κ3) is 3.49. The second-order valence-corrected chi connectivity index (χ2v) is 5.21. The summed E-state index contributed by atoms with van der Waals surface area (Å²) < 4.78 is 13.0. The van der Waals surface area contributed by atoms with Crippen LogP contribution >= 0.6 is 0 Å². The van der Waals surface area contributed by atoms with Gasteiger partial charge in [-0.3, -0.25) is 4.79 Å². The van der Waals surface area contributed by atoms with Gasteiger partial charge in [-0.25, -0.2) is 4.39 Å². The molecular formula is C16H19FN2O2. The van der Waals surface area contributed by atoms with Gasteiger partial charge in [0, 0.05) is 30.6 Å². The number of amides is 1. The van der Waals surface area contributed by atoms with Crippen LogP contribution in [0.15, 0.2) is 36.7 Å². The largest absolute Gasteiger partial charge is 0.396 e. The molecule has 2 atom stereocenters. The molecule has 2 aromatic rings. The highest BCUT2D eigenvalue weighted by Crippen LogP contribution is 2.24. The van der Waals surface area contributed by atoms with Gasteiger partial charge >= 0.3 is 0 Å². The van der Waals surface area contributed by atoms with Crippen LogP contribution in [0.25, 0.3) is 11.1 Å². The van der Waals surface area contributed by atoms with Crippen LogP contribution in [0.5, 0.6) is 0 Å². The summed E-state index contributed by atoms with van der Waals surface area (Å²) in [7, 11) is 0. The molecule has 1 heterocycles. The maximum atomic E-state index is 13.0. The van der Waals surface area contributed by atoms with E-state index in [-0.39, 0.29) is 30.3 Å². The minimum Gasteiger partial charge on any atom is -0.396 e. The molecule has 112 valence electrons. The Kier molecular flexibility index (Phi) is 4.75. The molecule has 1 amide bonds. The summed E-state index contributed by atoms with van der Waals surface area (Å²) in [5, 5.41) is 12.0. The smallest absolute Gasteiger partial charge is 0.253 e. The Morgan fingerprint density at radius 2 is 1.95 bits per heavy atom. The Bertz CT molecular complexity index is 607. The fourth-order valence-corrected chi connectivity index (χ4v) is 2.00. The molecule has 0 fully saturated rings. The molecule has 2 rings (SSSR count). The lowest BCUT2D eigenvalue weighted by molar-refractivity contribution is 0.0917. The van der Waals surface area contributed by atoms with Crippen molar-refractivity contribution in [2.24, 2.45) is 5.92 Å². The highest BCUT2D eigenvalue weighted by molar-refractivity contribution is 6.00. The number of aliphatic hydroxyl groups is 1. The normalized spacial score (nSPS) is 13.7. The average molecular weight is 290 g/mol. The first kappa shape index (κ1) is 15.3. The van der Waals surface area contributed by atoms with Crippen molar-refractivity contribution in [2.45, 2.75) is 19.9 Å². The van der Waals surface area contributed by atoms with E-state index in [1.54, 1.807) is 24.5 Å². The lowest BCUT2D eigenvalue weighted by Crippen LogP contribution is -2.38. The zero-order chi connectivity index (χ0) is 15.4. The molecule has 21 heavy (non-hydrogen) atoms. The van der Waals surface area contributed by atoms with E-state index in [1.165, 1.54) is 12.1 Å². The fourth-order valence-electron chi connectivity index (χ4n) is 2.00. The van der Waals surface area contributed by atoms with Gasteiger partial charge in [0.1, 0.15) is 5.82 Å². The van der Waals surface area contributed by atoms with Crippen molar-refractivity contribution in [1.82, 2.24) is 10.3 Å². The van der Waals surface area contributed by atoms with E-state index >= 15 is 0 Å². The zero-order valence-corrected chi connectivity index (χ0v) is 12.1. The van der Waals surface area contributed by atoms with Crippen LogP contribution in [-0.4, -0.2) is 28.6 Å². The SMILES string of the molecule is CC(CO)C(C)NC(=O)c1c[nH]cc1-c1ccc(F)cc1. The van der Waals surface area contributed by atoms with Crippen LogP contribution in [0, 0.1) is 11.7 Å². The quantitative estimate of drug-likeness (QED) is 0.792. The second-order valence-electron chi connectivity index (χ2n) is 5.21. The second kappa shape index (κ2) is 6.54. The number of carbonyl (C=O) groups excluding carboxylic acids is 1. The number of halogens is 1. The lowest BCUT2D eigenvalue weighted by atomic mass is 10.0. The van der Waals surface area contributed by atoms with Gasteiger partial charge in [-0.1, -0.05) is 19.1 Å². The Hall–Kier alpha value is -2.14. The van der Waals surface area contributed by atoms with Crippen LogP contribution in [0.3, 0.4) is 0 Å². The lowest BCUT2D eigenvalue weighted by Gasteiger charge is -2.19. The van der Waals surface area contributed by atoms with Crippen molar-refractivity contribution in [1.29, 1.82) is 0 Å². The highest BCUT2D eigenvalue weighted by atomic mass is 19.1. The predicted octanol–water partition coefficient (Wildman–Crippen LogP) is 2.57. The maximum absolute atomic E-state index is 13.0. The third-order valence-electron chi connectivity index (χ3n) is 3.65. The summed E-state index contributed by atoms with van der Waals surface area (Å²) in [4.78, 5) is 15.2. The summed E-state index contributed by atoms with van der Waals surface area (Å²) >= 11 is 0. The summed E-state index contributed by atoms with van der Waals surface area (Å²) in [6.45, 7) is 3.73. The number of benzene rings is 1. The minimum atomic E-state index is -0.314. The van der Waals surface area contributed by atoms with E-state index in [0.29, 0.717) is 5.56 Å². The number of nitrogens with one attached hydrogen (secondary N) is 2. The number of aromatic amines is 1. The van der Waals surface area contributed by atoms with Crippen LogP contribution in [0.2, 0.25) is 0 Å². The Morgan fingerprint density at radius 3 is 2.57 bits per heavy atom. The van der Waals surface area contributed by atoms with Crippen molar-refractivity contribution in [3.63, 3.8) is 0 Å². The number of H-pyrrole nitrogens is 1. The summed E-state index contributed by atoms with van der Waals surface area (Å²) in [6.07, 6.45) is 3.33. The number of aromatic nitrogens is 1. The van der Waals surface area contributed by atoms with Gasteiger partial charge in [-0.05, 0) is 30.5 Å². The van der Waals surface area contributed by atoms with Crippen molar-refractivity contribution < 1.29 is 14.3 Å². The van der Waals surface area contributed by atoms with Crippen LogP contribution < -0.4 is 5.32 Å². The van der Waals surface area contributed by atoms with Gasteiger partial charge in [0.25, 0.3) is 5.91 Å². The number of carbonyl (C=O) groups is 1. The first-order chi connectivity index (χ1) is 10.0. The molecule has 0 saturated heterocycles. The number of hydrogen-bond acceptors (Lipinski definition) is 2. The molecule has 1 aromatic heterocycles. The van der Waals surface area contributed by atoms with E-state index in [1.807, 2.05) is 13.8 Å². The molecule has 5 heteroatoms. The van der Waals surface area contributed by atoms with E-state index in [4.69, 9.17) is 5.11 Å². The van der Waals surface area contributed by atoms with Crippen LogP contribution in [0.4, 0.5) is 4.39 Å². The van der Waals surface area contributed by atoms with Crippen molar-refractivity contribution in [3.8, 4) is 11.1 Å². The first-order valence-corrected chi connectivity index (χ1v) is 6.87. The van der Waals surface area contributed by atoms with E-state index in [2.05, 4.69) is 10.3 Å². The molecule has 3 N–H and O–H groups in total. The molecule has 0 saturated carbocycles. The summed E-state index contributed by atoms with van der Waals surface area (Å²) in [6, 6.07) is 5.85. The monoisotopic (exact) mass is 290 g/mol. The molecule has 0 aliphatic carbocycles. The van der Waals surface area contributed by atoms with Gasteiger partial charge in [0.2, 0.25) is 0 Å². The molecule has 0 spiro atoms. The average Bonchev–Trinajstić information content (AvgIpc) is 2.96. The van der Waals surface area contributed by atoms with E-state index < -0.39 is 0 Å². The van der Waals surface area contributed by atoms with Crippen LogP contribution in [0.1, 0.15) is 24.2 Å². The molecule has 2 unspecified atom stereocenters. The standard InChI is InChI=1S/C16H19FN2O2/c1-10(9-20)11(2)19-16(21)15-8-18-7-14(15)12-3-5-13(17)6-4-12/h3-8,10-11,18,20H,9H2,1-2H3,(H,19,21). The Balaban J connectivity index is 2.20. The van der Waals surface area contributed by atoms with Gasteiger partial charge in [-0.15, -0.1) is 0 Å². The Labute approximate surface area is 123 Å². The minimum absolute atomic E-state index is 0.0133. The van der Waals surface area contributed by atoms with Crippen molar-refractivity contribution >= 4 is 5.91 Å². The summed E-state index contributed by atoms with van der Waals surface area (Å²) in [5.74, 6) is -0.559. The zero-order valence-electron chi connectivity index (χ0n) is 12.1. The van der Waals surface area contributed by atoms with Crippen LogP contribution in [-0.2, 0) is 0 Å². The van der Waals surface area contributed by atoms with Crippen molar-refractivity contribution in [2.75, 3.05) is 6.61 Å². The number of aliphatic hydroxyl groups excluding tert-OH is 1. The maximum Gasteiger partial charge on any atom is 0.253 e. The first-order valence-electron chi connectivity index (χ1n) is 6.87.